The van der Waals surface area contributed by atoms with Gasteiger partial charge in [-0.05, 0) is 54.7 Å². The maximum atomic E-state index is 10.8. The largest absolute Gasteiger partial charge is 0.494 e. The Morgan fingerprint density at radius 2 is 1.72 bits per heavy atom. The number of benzene rings is 2. The molecule has 4 heteroatoms. The van der Waals surface area contributed by atoms with Crippen molar-refractivity contribution >= 4 is 6.29 Å². The summed E-state index contributed by atoms with van der Waals surface area (Å²) in [5.41, 5.74) is 1.85. The lowest BCUT2D eigenvalue weighted by molar-refractivity contribution is 0.112. The molecule has 0 aromatic heterocycles. The van der Waals surface area contributed by atoms with Gasteiger partial charge in [-0.2, -0.15) is 0 Å². The molecule has 0 aliphatic rings. The molecule has 2 aromatic rings. The van der Waals surface area contributed by atoms with Crippen molar-refractivity contribution < 1.29 is 19.0 Å². The van der Waals surface area contributed by atoms with Crippen LogP contribution in [0.2, 0.25) is 0 Å². The zero-order valence-corrected chi connectivity index (χ0v) is 15.2. The van der Waals surface area contributed by atoms with Crippen LogP contribution in [0.5, 0.6) is 17.2 Å². The Bertz CT molecular complexity index is 679. The third kappa shape index (κ3) is 5.82. The molecule has 2 aromatic carbocycles. The Morgan fingerprint density at radius 1 is 0.960 bits per heavy atom. The molecule has 0 amide bonds. The highest BCUT2D eigenvalue weighted by molar-refractivity contribution is 5.76. The first-order valence-electron chi connectivity index (χ1n) is 8.63. The first-order valence-corrected chi connectivity index (χ1v) is 8.63. The molecule has 0 saturated heterocycles. The molecule has 4 nitrogen and oxygen atoms in total. The second-order valence-corrected chi connectivity index (χ2v) is 6.16. The van der Waals surface area contributed by atoms with E-state index in [1.807, 2.05) is 12.1 Å². The highest BCUT2D eigenvalue weighted by Crippen LogP contribution is 2.27. The molecule has 25 heavy (non-hydrogen) atoms. The summed E-state index contributed by atoms with van der Waals surface area (Å²) < 4.78 is 16.8. The zero-order chi connectivity index (χ0) is 18.1. The predicted molar refractivity (Wildman–Crippen MR) is 99.1 cm³/mol. The van der Waals surface area contributed by atoms with E-state index in [-0.39, 0.29) is 0 Å². The highest BCUT2D eigenvalue weighted by Gasteiger charge is 2.05. The van der Waals surface area contributed by atoms with E-state index in [9.17, 15) is 4.79 Å². The van der Waals surface area contributed by atoms with Gasteiger partial charge in [-0.3, -0.25) is 4.79 Å². The van der Waals surface area contributed by atoms with Gasteiger partial charge in [0, 0.05) is 5.56 Å². The molecule has 134 valence electrons. The van der Waals surface area contributed by atoms with Crippen molar-refractivity contribution in [1.82, 2.24) is 0 Å². The molecule has 0 fully saturated rings. The van der Waals surface area contributed by atoms with E-state index in [2.05, 4.69) is 26.0 Å². The van der Waals surface area contributed by atoms with Crippen LogP contribution in [0.4, 0.5) is 0 Å². The smallest absolute Gasteiger partial charge is 0.161 e. The van der Waals surface area contributed by atoms with Crippen LogP contribution in [0.3, 0.4) is 0 Å². The summed E-state index contributed by atoms with van der Waals surface area (Å²) in [7, 11) is 1.57. The third-order valence-electron chi connectivity index (χ3n) is 3.91. The first-order chi connectivity index (χ1) is 12.1. The molecule has 0 saturated carbocycles. The van der Waals surface area contributed by atoms with Crippen molar-refractivity contribution in [2.45, 2.75) is 32.6 Å². The number of unbranched alkanes of at least 4 members (excludes halogenated alkanes) is 1. The van der Waals surface area contributed by atoms with Crippen LogP contribution in [0.15, 0.2) is 42.5 Å². The molecular weight excluding hydrogens is 316 g/mol. The fraction of sp³-hybridized carbons (Fsp3) is 0.381. The molecule has 0 spiro atoms. The van der Waals surface area contributed by atoms with Gasteiger partial charge < -0.3 is 14.2 Å². The maximum absolute atomic E-state index is 10.8. The van der Waals surface area contributed by atoms with Crippen LogP contribution in [0.25, 0.3) is 0 Å². The quantitative estimate of drug-likeness (QED) is 0.456. The Kier molecular flexibility index (Phi) is 7.33. The van der Waals surface area contributed by atoms with Crippen LogP contribution in [0.1, 0.15) is 48.5 Å². The van der Waals surface area contributed by atoms with Crippen molar-refractivity contribution in [2.75, 3.05) is 20.3 Å². The van der Waals surface area contributed by atoms with Crippen LogP contribution >= 0.6 is 0 Å². The van der Waals surface area contributed by atoms with E-state index < -0.39 is 0 Å². The Hall–Kier alpha value is -2.49. The third-order valence-corrected chi connectivity index (χ3v) is 3.91. The monoisotopic (exact) mass is 342 g/mol. The Morgan fingerprint density at radius 3 is 2.40 bits per heavy atom. The highest BCUT2D eigenvalue weighted by atomic mass is 16.5. The molecule has 0 atom stereocenters. The van der Waals surface area contributed by atoms with E-state index in [0.29, 0.717) is 36.2 Å². The van der Waals surface area contributed by atoms with Gasteiger partial charge in [0.2, 0.25) is 0 Å². The van der Waals surface area contributed by atoms with Crippen LogP contribution in [0, 0.1) is 0 Å². The molecule has 0 aliphatic carbocycles. The fourth-order valence-corrected chi connectivity index (χ4v) is 2.42. The zero-order valence-electron chi connectivity index (χ0n) is 15.2. The SMILES string of the molecule is COc1cc(C=O)ccc1OCCCCOc1cccc(C(C)C)c1. The van der Waals surface area contributed by atoms with Gasteiger partial charge in [-0.25, -0.2) is 0 Å². The first kappa shape index (κ1) is 18.8. The lowest BCUT2D eigenvalue weighted by Gasteiger charge is -2.12. The van der Waals surface area contributed by atoms with Gasteiger partial charge >= 0.3 is 0 Å². The summed E-state index contributed by atoms with van der Waals surface area (Å²) in [5, 5.41) is 0. The second-order valence-electron chi connectivity index (χ2n) is 6.16. The van der Waals surface area contributed by atoms with Crippen molar-refractivity contribution in [3.8, 4) is 17.2 Å². The van der Waals surface area contributed by atoms with Crippen molar-refractivity contribution in [3.63, 3.8) is 0 Å². The number of carbonyl (C=O) groups excluding carboxylic acids is 1. The van der Waals surface area contributed by atoms with Gasteiger partial charge in [0.15, 0.2) is 11.5 Å². The minimum absolute atomic E-state index is 0.498. The van der Waals surface area contributed by atoms with Crippen LogP contribution in [-0.4, -0.2) is 26.6 Å². The molecule has 0 unspecified atom stereocenters. The molecular formula is C21H26O4. The summed E-state index contributed by atoms with van der Waals surface area (Å²) >= 11 is 0. The van der Waals surface area contributed by atoms with E-state index >= 15 is 0 Å². The average molecular weight is 342 g/mol. The number of ether oxygens (including phenoxy) is 3. The average Bonchev–Trinajstić information content (AvgIpc) is 2.64. The fourth-order valence-electron chi connectivity index (χ4n) is 2.42. The van der Waals surface area contributed by atoms with Gasteiger partial charge in [0.1, 0.15) is 12.0 Å². The van der Waals surface area contributed by atoms with E-state index in [4.69, 9.17) is 14.2 Å². The lowest BCUT2D eigenvalue weighted by Crippen LogP contribution is -2.04. The summed E-state index contributed by atoms with van der Waals surface area (Å²) in [6.07, 6.45) is 2.57. The topological polar surface area (TPSA) is 44.8 Å². The lowest BCUT2D eigenvalue weighted by atomic mass is 10.0. The summed E-state index contributed by atoms with van der Waals surface area (Å²) in [4.78, 5) is 10.8. The van der Waals surface area contributed by atoms with Gasteiger partial charge in [0.05, 0.1) is 20.3 Å². The number of aldehydes is 1. The van der Waals surface area contributed by atoms with Crippen molar-refractivity contribution in [3.05, 3.63) is 53.6 Å². The molecule has 0 radical (unpaired) electrons. The summed E-state index contributed by atoms with van der Waals surface area (Å²) in [6.45, 7) is 5.58. The predicted octanol–water partition coefficient (Wildman–Crippen LogP) is 4.87. The Balaban J connectivity index is 1.72. The number of hydrogen-bond donors (Lipinski definition) is 0. The number of carbonyl (C=O) groups is 1. The summed E-state index contributed by atoms with van der Waals surface area (Å²) in [6, 6.07) is 13.4. The standard InChI is InChI=1S/C21H26O4/c1-16(2)18-7-6-8-19(14-18)24-11-4-5-12-25-20-10-9-17(15-22)13-21(20)23-3/h6-10,13-16H,4-5,11-12H2,1-3H3. The summed E-state index contributed by atoms with van der Waals surface area (Å²) in [5.74, 6) is 2.64. The maximum Gasteiger partial charge on any atom is 0.161 e. The molecule has 2 rings (SSSR count). The number of rotatable bonds is 10. The van der Waals surface area contributed by atoms with Gasteiger partial charge in [-0.15, -0.1) is 0 Å². The van der Waals surface area contributed by atoms with Crippen LogP contribution in [-0.2, 0) is 0 Å². The van der Waals surface area contributed by atoms with Crippen molar-refractivity contribution in [1.29, 1.82) is 0 Å². The van der Waals surface area contributed by atoms with E-state index in [1.165, 1.54) is 5.56 Å². The van der Waals surface area contributed by atoms with Gasteiger partial charge in [-0.1, -0.05) is 26.0 Å². The number of hydrogen-bond acceptors (Lipinski definition) is 4. The van der Waals surface area contributed by atoms with Crippen LogP contribution < -0.4 is 14.2 Å². The minimum atomic E-state index is 0.498. The van der Waals surface area contributed by atoms with Gasteiger partial charge in [0.25, 0.3) is 0 Å². The molecule has 0 aliphatic heterocycles. The molecule has 0 bridgehead atoms. The Labute approximate surface area is 149 Å². The van der Waals surface area contributed by atoms with E-state index in [1.54, 1.807) is 25.3 Å². The van der Waals surface area contributed by atoms with E-state index in [0.717, 1.165) is 24.9 Å². The normalized spacial score (nSPS) is 10.6. The van der Waals surface area contributed by atoms with Crippen molar-refractivity contribution in [2.24, 2.45) is 0 Å². The second kappa shape index (κ2) is 9.72. The minimum Gasteiger partial charge on any atom is -0.494 e. The molecule has 0 heterocycles. The number of methoxy groups -OCH3 is 1. The molecule has 0 N–H and O–H groups in total.